The summed E-state index contributed by atoms with van der Waals surface area (Å²) in [5.41, 5.74) is 1.24. The van der Waals surface area contributed by atoms with Gasteiger partial charge in [0.2, 0.25) is 5.91 Å². The highest BCUT2D eigenvalue weighted by Crippen LogP contribution is 2.27. The first-order chi connectivity index (χ1) is 12.5. The molecule has 1 heterocycles. The lowest BCUT2D eigenvalue weighted by Crippen LogP contribution is -2.16. The molecule has 1 N–H and O–H groups in total. The largest absolute Gasteiger partial charge is 0.320 e. The van der Waals surface area contributed by atoms with E-state index in [1.165, 1.54) is 17.8 Å². The minimum atomic E-state index is -0.809. The van der Waals surface area contributed by atoms with Crippen molar-refractivity contribution in [2.24, 2.45) is 0 Å². The van der Waals surface area contributed by atoms with Crippen LogP contribution < -0.4 is 5.32 Å². The zero-order chi connectivity index (χ0) is 18.7. The number of aromatic nitrogens is 2. The van der Waals surface area contributed by atoms with Gasteiger partial charge in [0.15, 0.2) is 5.16 Å². The van der Waals surface area contributed by atoms with Crippen LogP contribution in [0.5, 0.6) is 0 Å². The second kappa shape index (κ2) is 8.05. The standard InChI is InChI=1S/C18H16ClF2N3OS/c1-2-8-24-15-7-6-11(19)9-14(15)22-18(24)26-10-16(25)23-17-12(20)4-3-5-13(17)21/h3-7,9H,2,8,10H2,1H3,(H,23,25). The van der Waals surface area contributed by atoms with Crippen molar-refractivity contribution in [3.8, 4) is 0 Å². The van der Waals surface area contributed by atoms with Gasteiger partial charge >= 0.3 is 0 Å². The summed E-state index contributed by atoms with van der Waals surface area (Å²) >= 11 is 7.22. The molecule has 2 aromatic carbocycles. The van der Waals surface area contributed by atoms with Crippen LogP contribution in [0.4, 0.5) is 14.5 Å². The molecule has 26 heavy (non-hydrogen) atoms. The molecule has 0 unspecified atom stereocenters. The number of nitrogens with zero attached hydrogens (tertiary/aromatic N) is 2. The zero-order valence-electron chi connectivity index (χ0n) is 13.9. The predicted octanol–water partition coefficient (Wildman–Crippen LogP) is 5.11. The van der Waals surface area contributed by atoms with Crippen LogP contribution in [-0.4, -0.2) is 21.2 Å². The number of nitrogens with one attached hydrogen (secondary N) is 1. The van der Waals surface area contributed by atoms with Crippen molar-refractivity contribution in [1.29, 1.82) is 0 Å². The summed E-state index contributed by atoms with van der Waals surface area (Å²) in [5, 5.41) is 3.52. The van der Waals surface area contributed by atoms with Gasteiger partial charge in [0, 0.05) is 11.6 Å². The summed E-state index contributed by atoms with van der Waals surface area (Å²) in [6, 6.07) is 8.88. The minimum Gasteiger partial charge on any atom is -0.320 e. The fraction of sp³-hybridized carbons (Fsp3) is 0.222. The van der Waals surface area contributed by atoms with Crippen LogP contribution >= 0.6 is 23.4 Å². The number of carbonyl (C=O) groups excluding carboxylic acids is 1. The van der Waals surface area contributed by atoms with Gasteiger partial charge < -0.3 is 9.88 Å². The SMILES string of the molecule is CCCn1c(SCC(=O)Nc2c(F)cccc2F)nc2cc(Cl)ccc21. The van der Waals surface area contributed by atoms with Gasteiger partial charge in [-0.15, -0.1) is 0 Å². The van der Waals surface area contributed by atoms with Gasteiger partial charge in [-0.25, -0.2) is 13.8 Å². The molecular formula is C18H16ClF2N3OS. The van der Waals surface area contributed by atoms with Crippen molar-refractivity contribution >= 4 is 46.0 Å². The summed E-state index contributed by atoms with van der Waals surface area (Å²) in [7, 11) is 0. The number of thioether (sulfide) groups is 1. The molecule has 4 nitrogen and oxygen atoms in total. The molecule has 3 aromatic rings. The Balaban J connectivity index is 1.76. The highest BCUT2D eigenvalue weighted by molar-refractivity contribution is 7.99. The molecule has 0 saturated heterocycles. The van der Waals surface area contributed by atoms with E-state index >= 15 is 0 Å². The second-order valence-electron chi connectivity index (χ2n) is 5.61. The van der Waals surface area contributed by atoms with E-state index < -0.39 is 23.2 Å². The topological polar surface area (TPSA) is 46.9 Å². The Morgan fingerprint density at radius 2 is 2.00 bits per heavy atom. The van der Waals surface area contributed by atoms with Gasteiger partial charge in [-0.2, -0.15) is 0 Å². The number of rotatable bonds is 6. The van der Waals surface area contributed by atoms with E-state index in [9.17, 15) is 13.6 Å². The first-order valence-electron chi connectivity index (χ1n) is 8.02. The number of hydrogen-bond acceptors (Lipinski definition) is 3. The number of carbonyl (C=O) groups is 1. The van der Waals surface area contributed by atoms with Crippen molar-refractivity contribution in [2.75, 3.05) is 11.1 Å². The van der Waals surface area contributed by atoms with Crippen LogP contribution in [0.25, 0.3) is 11.0 Å². The van der Waals surface area contributed by atoms with Crippen molar-refractivity contribution in [3.63, 3.8) is 0 Å². The van der Waals surface area contributed by atoms with Crippen LogP contribution in [0, 0.1) is 11.6 Å². The van der Waals surface area contributed by atoms with E-state index in [4.69, 9.17) is 11.6 Å². The third kappa shape index (κ3) is 3.99. The summed E-state index contributed by atoms with van der Waals surface area (Å²) < 4.78 is 29.3. The Bertz CT molecular complexity index is 941. The molecule has 0 atom stereocenters. The van der Waals surface area contributed by atoms with Crippen molar-refractivity contribution in [2.45, 2.75) is 25.0 Å². The zero-order valence-corrected chi connectivity index (χ0v) is 15.5. The van der Waals surface area contributed by atoms with Crippen LogP contribution in [0.15, 0.2) is 41.6 Å². The lowest BCUT2D eigenvalue weighted by molar-refractivity contribution is -0.113. The second-order valence-corrected chi connectivity index (χ2v) is 6.99. The van der Waals surface area contributed by atoms with E-state index in [-0.39, 0.29) is 5.75 Å². The summed E-state index contributed by atoms with van der Waals surface area (Å²) in [6.07, 6.45) is 0.897. The van der Waals surface area contributed by atoms with Gasteiger partial charge in [0.1, 0.15) is 17.3 Å². The molecule has 1 aromatic heterocycles. The Kier molecular flexibility index (Phi) is 5.78. The molecule has 0 spiro atoms. The van der Waals surface area contributed by atoms with Crippen molar-refractivity contribution in [3.05, 3.63) is 53.1 Å². The molecule has 3 rings (SSSR count). The van der Waals surface area contributed by atoms with Gasteiger partial charge in [-0.3, -0.25) is 4.79 Å². The van der Waals surface area contributed by atoms with Crippen molar-refractivity contribution < 1.29 is 13.6 Å². The Labute approximate surface area is 158 Å². The van der Waals surface area contributed by atoms with Crippen LogP contribution in [-0.2, 0) is 11.3 Å². The summed E-state index contributed by atoms with van der Waals surface area (Å²) in [6.45, 7) is 2.79. The van der Waals surface area contributed by atoms with Crippen LogP contribution in [0.2, 0.25) is 5.02 Å². The molecule has 8 heteroatoms. The maximum Gasteiger partial charge on any atom is 0.235 e. The number of halogens is 3. The molecule has 0 aliphatic rings. The number of aryl methyl sites for hydroxylation is 1. The fourth-order valence-electron chi connectivity index (χ4n) is 2.55. The molecule has 0 saturated carbocycles. The monoisotopic (exact) mass is 395 g/mol. The first-order valence-corrected chi connectivity index (χ1v) is 9.38. The lowest BCUT2D eigenvalue weighted by atomic mass is 10.3. The fourth-order valence-corrected chi connectivity index (χ4v) is 3.56. The number of para-hydroxylation sites is 1. The molecule has 0 fully saturated rings. The molecule has 0 aliphatic heterocycles. The minimum absolute atomic E-state index is 0.0193. The maximum atomic E-state index is 13.6. The lowest BCUT2D eigenvalue weighted by Gasteiger charge is -2.09. The highest BCUT2D eigenvalue weighted by atomic mass is 35.5. The Morgan fingerprint density at radius 3 is 2.69 bits per heavy atom. The number of benzene rings is 2. The molecule has 0 aliphatic carbocycles. The third-order valence-electron chi connectivity index (χ3n) is 3.68. The predicted molar refractivity (Wildman–Crippen MR) is 101 cm³/mol. The summed E-state index contributed by atoms with van der Waals surface area (Å²) in [4.78, 5) is 16.6. The smallest absolute Gasteiger partial charge is 0.235 e. The molecule has 1 amide bonds. The highest BCUT2D eigenvalue weighted by Gasteiger charge is 2.15. The molecular weight excluding hydrogens is 380 g/mol. The molecule has 0 bridgehead atoms. The van der Waals surface area contributed by atoms with E-state index in [2.05, 4.69) is 10.3 Å². The quantitative estimate of drug-likeness (QED) is 0.590. The number of amides is 1. The normalized spacial score (nSPS) is 11.1. The summed E-state index contributed by atoms with van der Waals surface area (Å²) in [5.74, 6) is -2.14. The van der Waals surface area contributed by atoms with E-state index in [1.54, 1.807) is 12.1 Å². The maximum absolute atomic E-state index is 13.6. The number of hydrogen-bond donors (Lipinski definition) is 1. The van der Waals surface area contributed by atoms with Crippen LogP contribution in [0.1, 0.15) is 13.3 Å². The van der Waals surface area contributed by atoms with Gasteiger partial charge in [-0.05, 0) is 36.8 Å². The average molecular weight is 396 g/mol. The Morgan fingerprint density at radius 1 is 1.27 bits per heavy atom. The number of anilines is 1. The van der Waals surface area contributed by atoms with E-state index in [0.717, 1.165) is 36.1 Å². The van der Waals surface area contributed by atoms with Crippen molar-refractivity contribution in [1.82, 2.24) is 9.55 Å². The van der Waals surface area contributed by atoms with E-state index in [0.29, 0.717) is 10.2 Å². The Hall–Kier alpha value is -2.12. The van der Waals surface area contributed by atoms with Gasteiger partial charge in [0.05, 0.1) is 16.8 Å². The van der Waals surface area contributed by atoms with Gasteiger partial charge in [-0.1, -0.05) is 36.4 Å². The average Bonchev–Trinajstić information content (AvgIpc) is 2.93. The first kappa shape index (κ1) is 18.7. The van der Waals surface area contributed by atoms with Gasteiger partial charge in [0.25, 0.3) is 0 Å². The third-order valence-corrected chi connectivity index (χ3v) is 4.89. The molecule has 0 radical (unpaired) electrons. The number of fused-ring (bicyclic) bond motifs is 1. The van der Waals surface area contributed by atoms with Crippen LogP contribution in [0.3, 0.4) is 0 Å². The number of imidazole rings is 1. The van der Waals surface area contributed by atoms with E-state index in [1.807, 2.05) is 17.6 Å². The molecule has 136 valence electrons.